The minimum atomic E-state index is -0.180. The number of nitrogens with one attached hydrogen (secondary N) is 1. The molecular formula is C23H24N4O3S. The molecule has 0 saturated carbocycles. The van der Waals surface area contributed by atoms with Crippen LogP contribution < -0.4 is 5.56 Å². The van der Waals surface area contributed by atoms with Crippen LogP contribution in [0.3, 0.4) is 0 Å². The Morgan fingerprint density at radius 3 is 2.74 bits per heavy atom. The number of nitrogens with zero attached hydrogens (tertiary/aromatic N) is 3. The molecule has 0 aliphatic rings. The van der Waals surface area contributed by atoms with Gasteiger partial charge in [-0.1, -0.05) is 42.1 Å². The maximum Gasteiger partial charge on any atom is 0.278 e. The van der Waals surface area contributed by atoms with Crippen LogP contribution in [0.25, 0.3) is 11.0 Å². The van der Waals surface area contributed by atoms with E-state index < -0.39 is 0 Å². The molecule has 4 aromatic rings. The summed E-state index contributed by atoms with van der Waals surface area (Å²) in [4.78, 5) is 35.5. The Labute approximate surface area is 184 Å². The van der Waals surface area contributed by atoms with Crippen molar-refractivity contribution in [2.24, 2.45) is 0 Å². The Morgan fingerprint density at radius 2 is 2.03 bits per heavy atom. The molecule has 3 heterocycles. The number of fused-ring (bicyclic) bond motifs is 1. The zero-order valence-corrected chi connectivity index (χ0v) is 18.3. The Bertz CT molecular complexity index is 1230. The van der Waals surface area contributed by atoms with Crippen LogP contribution in [0, 0.1) is 6.92 Å². The van der Waals surface area contributed by atoms with Crippen molar-refractivity contribution in [2.75, 3.05) is 12.3 Å². The normalized spacial score (nSPS) is 11.2. The summed E-state index contributed by atoms with van der Waals surface area (Å²) in [6.45, 7) is 5.27. The molecule has 4 rings (SSSR count). The number of carbonyl (C=O) groups excluding carboxylic acids is 1. The van der Waals surface area contributed by atoms with Crippen LogP contribution in [0.1, 0.15) is 23.9 Å². The molecule has 1 amide bonds. The molecule has 3 aromatic heterocycles. The van der Waals surface area contributed by atoms with Gasteiger partial charge in [0.1, 0.15) is 11.3 Å². The first-order valence-electron chi connectivity index (χ1n) is 10.1. The quantitative estimate of drug-likeness (QED) is 0.335. The third-order valence-corrected chi connectivity index (χ3v) is 5.97. The van der Waals surface area contributed by atoms with Gasteiger partial charge in [0.2, 0.25) is 5.91 Å². The van der Waals surface area contributed by atoms with Gasteiger partial charge in [-0.15, -0.1) is 0 Å². The van der Waals surface area contributed by atoms with E-state index in [1.165, 1.54) is 11.8 Å². The highest BCUT2D eigenvalue weighted by atomic mass is 32.2. The minimum absolute atomic E-state index is 0.000460. The molecule has 0 unspecified atom stereocenters. The average molecular weight is 437 g/mol. The topological polar surface area (TPSA) is 84.1 Å². The predicted octanol–water partition coefficient (Wildman–Crippen LogP) is 3.82. The van der Waals surface area contributed by atoms with Crippen LogP contribution in [0.15, 0.2) is 69.2 Å². The van der Waals surface area contributed by atoms with Gasteiger partial charge in [-0.05, 0) is 37.6 Å². The van der Waals surface area contributed by atoms with E-state index in [-0.39, 0.29) is 23.8 Å². The fourth-order valence-electron chi connectivity index (χ4n) is 3.42. The summed E-state index contributed by atoms with van der Waals surface area (Å²) < 4.78 is 6.99. The molecule has 1 N–H and O–H groups in total. The number of amides is 1. The summed E-state index contributed by atoms with van der Waals surface area (Å²) >= 11 is 1.27. The van der Waals surface area contributed by atoms with Crippen molar-refractivity contribution in [2.45, 2.75) is 32.1 Å². The molecule has 31 heavy (non-hydrogen) atoms. The number of aromatic nitrogens is 3. The van der Waals surface area contributed by atoms with Crippen molar-refractivity contribution >= 4 is 28.7 Å². The molecule has 0 radical (unpaired) electrons. The Hall–Kier alpha value is -3.26. The zero-order valence-electron chi connectivity index (χ0n) is 17.5. The van der Waals surface area contributed by atoms with Crippen LogP contribution in [0.5, 0.6) is 0 Å². The van der Waals surface area contributed by atoms with E-state index in [2.05, 4.69) is 9.97 Å². The van der Waals surface area contributed by atoms with Crippen LogP contribution in [0.4, 0.5) is 0 Å². The molecule has 0 bridgehead atoms. The molecule has 7 nitrogen and oxygen atoms in total. The second kappa shape index (κ2) is 9.26. The van der Waals surface area contributed by atoms with E-state index in [0.717, 1.165) is 11.3 Å². The van der Waals surface area contributed by atoms with Gasteiger partial charge in [0.15, 0.2) is 5.16 Å². The summed E-state index contributed by atoms with van der Waals surface area (Å²) in [6.07, 6.45) is 1.57. The number of hydrogen-bond acceptors (Lipinski definition) is 5. The summed E-state index contributed by atoms with van der Waals surface area (Å²) in [5.74, 6) is 0.847. The first kappa shape index (κ1) is 21.0. The highest BCUT2D eigenvalue weighted by Crippen LogP contribution is 2.20. The number of aromatic amines is 1. The van der Waals surface area contributed by atoms with Crippen LogP contribution in [-0.2, 0) is 17.9 Å². The van der Waals surface area contributed by atoms with Gasteiger partial charge < -0.3 is 14.3 Å². The third-order valence-electron chi connectivity index (χ3n) is 5.01. The molecule has 0 spiro atoms. The van der Waals surface area contributed by atoms with Crippen LogP contribution in [-0.4, -0.2) is 37.6 Å². The lowest BCUT2D eigenvalue weighted by Crippen LogP contribution is -2.32. The van der Waals surface area contributed by atoms with Crippen molar-refractivity contribution in [3.8, 4) is 0 Å². The first-order valence-corrected chi connectivity index (χ1v) is 11.1. The van der Waals surface area contributed by atoms with Gasteiger partial charge in [-0.2, -0.15) is 0 Å². The fourth-order valence-corrected chi connectivity index (χ4v) is 4.32. The average Bonchev–Trinajstić information content (AvgIpc) is 3.42. The first-order chi connectivity index (χ1) is 15.0. The van der Waals surface area contributed by atoms with Gasteiger partial charge in [0.25, 0.3) is 5.56 Å². The van der Waals surface area contributed by atoms with E-state index in [4.69, 9.17) is 4.42 Å². The molecule has 1 aromatic carbocycles. The maximum atomic E-state index is 13.1. The summed E-state index contributed by atoms with van der Waals surface area (Å²) in [5, 5.41) is 0.497. The molecule has 0 aliphatic carbocycles. The molecule has 160 valence electrons. The number of benzene rings is 1. The number of rotatable bonds is 8. The number of aryl methyl sites for hydroxylation is 1. The minimum Gasteiger partial charge on any atom is -0.467 e. The second-order valence-corrected chi connectivity index (χ2v) is 8.20. The second-order valence-electron chi connectivity index (χ2n) is 7.26. The number of furan rings is 1. The molecule has 0 atom stereocenters. The molecule has 0 fully saturated rings. The van der Waals surface area contributed by atoms with Crippen molar-refractivity contribution in [1.29, 1.82) is 0 Å². The van der Waals surface area contributed by atoms with E-state index in [9.17, 15) is 9.59 Å². The fraction of sp³-hybridized carbons (Fsp3) is 0.261. The Morgan fingerprint density at radius 1 is 1.23 bits per heavy atom. The van der Waals surface area contributed by atoms with Gasteiger partial charge in [-0.25, -0.2) is 4.98 Å². The number of H-pyrrole nitrogens is 1. The largest absolute Gasteiger partial charge is 0.467 e. The van der Waals surface area contributed by atoms with Gasteiger partial charge in [0.05, 0.1) is 24.1 Å². The molecule has 8 heteroatoms. The number of carbonyl (C=O) groups is 1. The third kappa shape index (κ3) is 4.74. The zero-order chi connectivity index (χ0) is 21.8. The SMILES string of the molecule is CCN(Cc1ccccc1)C(=O)CSc1nc2cc(C)[nH]c2c(=O)n1Cc1ccco1. The van der Waals surface area contributed by atoms with Gasteiger partial charge in [-0.3, -0.25) is 14.2 Å². The lowest BCUT2D eigenvalue weighted by atomic mass is 10.2. The van der Waals surface area contributed by atoms with E-state index >= 15 is 0 Å². The number of hydrogen-bond donors (Lipinski definition) is 1. The van der Waals surface area contributed by atoms with Crippen molar-refractivity contribution in [3.63, 3.8) is 0 Å². The van der Waals surface area contributed by atoms with Gasteiger partial charge in [0, 0.05) is 18.8 Å². The van der Waals surface area contributed by atoms with Crippen molar-refractivity contribution in [3.05, 3.63) is 82.2 Å². The molecule has 0 saturated heterocycles. The summed E-state index contributed by atoms with van der Waals surface area (Å²) in [5.41, 5.74) is 2.83. The van der Waals surface area contributed by atoms with E-state index in [1.54, 1.807) is 21.8 Å². The highest BCUT2D eigenvalue weighted by molar-refractivity contribution is 7.99. The van der Waals surface area contributed by atoms with Crippen molar-refractivity contribution in [1.82, 2.24) is 19.4 Å². The van der Waals surface area contributed by atoms with Crippen LogP contribution in [0.2, 0.25) is 0 Å². The Balaban J connectivity index is 1.57. The highest BCUT2D eigenvalue weighted by Gasteiger charge is 2.18. The lowest BCUT2D eigenvalue weighted by molar-refractivity contribution is -0.128. The van der Waals surface area contributed by atoms with Crippen molar-refractivity contribution < 1.29 is 9.21 Å². The number of thioether (sulfide) groups is 1. The standard InChI is InChI=1S/C23H24N4O3S/c1-3-26(13-17-8-5-4-6-9-17)20(28)15-31-23-25-19-12-16(2)24-21(19)22(29)27(23)14-18-10-7-11-30-18/h4-12,24H,3,13-15H2,1-2H3. The summed E-state index contributed by atoms with van der Waals surface area (Å²) in [6, 6.07) is 15.3. The van der Waals surface area contributed by atoms with Crippen LogP contribution >= 0.6 is 11.8 Å². The maximum absolute atomic E-state index is 13.1. The predicted molar refractivity (Wildman–Crippen MR) is 121 cm³/mol. The summed E-state index contributed by atoms with van der Waals surface area (Å²) in [7, 11) is 0. The Kier molecular flexibility index (Phi) is 6.27. The monoisotopic (exact) mass is 436 g/mol. The lowest BCUT2D eigenvalue weighted by Gasteiger charge is -2.21. The van der Waals surface area contributed by atoms with Gasteiger partial charge >= 0.3 is 0 Å². The molecular weight excluding hydrogens is 412 g/mol. The van der Waals surface area contributed by atoms with E-state index in [1.807, 2.05) is 56.3 Å². The molecule has 0 aliphatic heterocycles. The smallest absolute Gasteiger partial charge is 0.278 e. The van der Waals surface area contributed by atoms with E-state index in [0.29, 0.717) is 35.0 Å².